The lowest BCUT2D eigenvalue weighted by atomic mass is 10.2. The van der Waals surface area contributed by atoms with Gasteiger partial charge in [-0.3, -0.25) is 0 Å². The number of rotatable bonds is 7. The van der Waals surface area contributed by atoms with Gasteiger partial charge in [0.05, 0.1) is 5.31 Å². The molecule has 3 rings (SSSR count). The maximum absolute atomic E-state index is 14.6. The molecular weight excluding hydrogens is 335 g/mol. The summed E-state index contributed by atoms with van der Waals surface area (Å²) in [6.45, 7) is 3.78. The van der Waals surface area contributed by atoms with Crippen molar-refractivity contribution in [2.75, 3.05) is 0 Å². The molecule has 26 heavy (non-hydrogen) atoms. The second-order valence-corrected chi connectivity index (χ2v) is 9.16. The highest BCUT2D eigenvalue weighted by atomic mass is 31.2. The highest BCUT2D eigenvalue weighted by Crippen LogP contribution is 2.55. The molecule has 0 atom stereocenters. The first-order valence-electron chi connectivity index (χ1n) is 9.24. The SMILES string of the molecule is C=CCCC=C=C(C1=CCCC1)P(=O)(c1ccccc1)c1ccccc1. The molecule has 0 saturated carbocycles. The highest BCUT2D eigenvalue weighted by Gasteiger charge is 2.34. The van der Waals surface area contributed by atoms with E-state index in [0.29, 0.717) is 0 Å². The molecule has 132 valence electrons. The Morgan fingerprint density at radius 3 is 2.12 bits per heavy atom. The van der Waals surface area contributed by atoms with Gasteiger partial charge in [0.2, 0.25) is 0 Å². The minimum Gasteiger partial charge on any atom is -0.308 e. The summed E-state index contributed by atoms with van der Waals surface area (Å²) in [6.07, 6.45) is 11.1. The number of hydrogen-bond donors (Lipinski definition) is 0. The third-order valence-electron chi connectivity index (χ3n) is 4.65. The average molecular weight is 360 g/mol. The molecule has 0 radical (unpaired) electrons. The zero-order valence-corrected chi connectivity index (χ0v) is 16.0. The summed E-state index contributed by atoms with van der Waals surface area (Å²) in [7, 11) is -2.95. The maximum atomic E-state index is 14.6. The van der Waals surface area contributed by atoms with Crippen LogP contribution in [0.15, 0.2) is 102 Å². The molecule has 0 N–H and O–H groups in total. The van der Waals surface area contributed by atoms with E-state index in [0.717, 1.165) is 48.0 Å². The molecule has 2 aromatic rings. The Morgan fingerprint density at radius 1 is 1.00 bits per heavy atom. The molecule has 0 aromatic heterocycles. The van der Waals surface area contributed by atoms with Crippen molar-refractivity contribution in [3.05, 3.63) is 102 Å². The van der Waals surface area contributed by atoms with Crippen LogP contribution < -0.4 is 10.6 Å². The largest absolute Gasteiger partial charge is 0.308 e. The summed E-state index contributed by atoms with van der Waals surface area (Å²) >= 11 is 0. The molecule has 0 heterocycles. The minimum atomic E-state index is -2.95. The summed E-state index contributed by atoms with van der Waals surface area (Å²) in [6, 6.07) is 19.7. The average Bonchev–Trinajstić information content (AvgIpc) is 3.23. The molecule has 0 amide bonds. The van der Waals surface area contributed by atoms with Crippen LogP contribution >= 0.6 is 7.14 Å². The van der Waals surface area contributed by atoms with Gasteiger partial charge in [0, 0.05) is 10.6 Å². The van der Waals surface area contributed by atoms with Crippen molar-refractivity contribution in [2.45, 2.75) is 32.1 Å². The van der Waals surface area contributed by atoms with Gasteiger partial charge in [-0.15, -0.1) is 12.3 Å². The predicted octanol–water partition coefficient (Wildman–Crippen LogP) is 6.12. The second kappa shape index (κ2) is 8.86. The van der Waals surface area contributed by atoms with Crippen molar-refractivity contribution in [3.8, 4) is 0 Å². The van der Waals surface area contributed by atoms with Gasteiger partial charge >= 0.3 is 0 Å². The van der Waals surface area contributed by atoms with Crippen LogP contribution in [0.2, 0.25) is 0 Å². The zero-order chi connectivity index (χ0) is 18.2. The molecule has 0 unspecified atom stereocenters. The first-order chi connectivity index (χ1) is 12.8. The number of benzene rings is 2. The van der Waals surface area contributed by atoms with E-state index in [1.807, 2.05) is 72.8 Å². The highest BCUT2D eigenvalue weighted by molar-refractivity contribution is 7.82. The Labute approximate surface area is 156 Å². The topological polar surface area (TPSA) is 17.1 Å². The Hall–Kier alpha value is -2.33. The Morgan fingerprint density at radius 2 is 1.62 bits per heavy atom. The smallest absolute Gasteiger partial charge is 0.178 e. The molecule has 1 nitrogen and oxygen atoms in total. The fourth-order valence-corrected chi connectivity index (χ4v) is 6.20. The van der Waals surface area contributed by atoms with E-state index < -0.39 is 7.14 Å². The van der Waals surface area contributed by atoms with Crippen LogP contribution in [0, 0.1) is 0 Å². The first kappa shape index (κ1) is 18.5. The molecule has 1 aliphatic carbocycles. The van der Waals surface area contributed by atoms with Crippen LogP contribution in [0.3, 0.4) is 0 Å². The lowest BCUT2D eigenvalue weighted by Gasteiger charge is -2.22. The van der Waals surface area contributed by atoms with E-state index in [1.165, 1.54) is 5.57 Å². The predicted molar refractivity (Wildman–Crippen MR) is 113 cm³/mol. The summed E-state index contributed by atoms with van der Waals surface area (Å²) in [4.78, 5) is 0. The Kier molecular flexibility index (Phi) is 6.29. The number of unbranched alkanes of at least 4 members (excludes halogenated alkanes) is 1. The molecule has 0 fully saturated rings. The van der Waals surface area contributed by atoms with Gasteiger partial charge in [-0.05, 0) is 43.8 Å². The number of hydrogen-bond acceptors (Lipinski definition) is 1. The van der Waals surface area contributed by atoms with Gasteiger partial charge in [0.25, 0.3) is 0 Å². The third kappa shape index (κ3) is 3.91. The lowest BCUT2D eigenvalue weighted by Crippen LogP contribution is -2.17. The van der Waals surface area contributed by atoms with Crippen molar-refractivity contribution in [1.29, 1.82) is 0 Å². The van der Waals surface area contributed by atoms with E-state index in [1.54, 1.807) is 0 Å². The van der Waals surface area contributed by atoms with Crippen molar-refractivity contribution in [1.82, 2.24) is 0 Å². The molecule has 1 aliphatic rings. The van der Waals surface area contributed by atoms with Crippen molar-refractivity contribution in [3.63, 3.8) is 0 Å². The molecule has 0 bridgehead atoms. The summed E-state index contributed by atoms with van der Waals surface area (Å²) in [5.74, 6) is 0. The zero-order valence-electron chi connectivity index (χ0n) is 15.1. The van der Waals surface area contributed by atoms with Crippen molar-refractivity contribution < 1.29 is 4.57 Å². The standard InChI is InChI=1S/C24H25OP/c1-2-3-4-11-20-24(21-14-12-13-15-21)26(25,22-16-7-5-8-17-22)23-18-9-6-10-19-23/h2,5-11,14,16-19H,1,3-4,12-13,15H2. The summed E-state index contributed by atoms with van der Waals surface area (Å²) < 4.78 is 14.6. The van der Waals surface area contributed by atoms with Crippen LogP contribution in [-0.2, 0) is 4.57 Å². The molecule has 0 aliphatic heterocycles. The van der Waals surface area contributed by atoms with Crippen LogP contribution in [0.5, 0.6) is 0 Å². The monoisotopic (exact) mass is 360 g/mol. The fourth-order valence-electron chi connectivity index (χ4n) is 3.32. The van der Waals surface area contributed by atoms with E-state index in [2.05, 4.69) is 18.4 Å². The quantitative estimate of drug-likeness (QED) is 0.252. The Bertz CT molecular complexity index is 841. The normalized spacial score (nSPS) is 13.6. The second-order valence-electron chi connectivity index (χ2n) is 6.47. The molecular formula is C24H25OP. The van der Waals surface area contributed by atoms with Gasteiger partial charge in [-0.25, -0.2) is 0 Å². The minimum absolute atomic E-state index is 0.865. The fraction of sp³-hybridized carbons (Fsp3) is 0.208. The maximum Gasteiger partial charge on any atom is 0.178 e. The molecule has 2 heteroatoms. The van der Waals surface area contributed by atoms with E-state index >= 15 is 0 Å². The van der Waals surface area contributed by atoms with Gasteiger partial charge in [-0.2, -0.15) is 0 Å². The molecule has 0 saturated heterocycles. The van der Waals surface area contributed by atoms with Crippen molar-refractivity contribution in [2.24, 2.45) is 0 Å². The van der Waals surface area contributed by atoms with Crippen molar-refractivity contribution >= 4 is 17.8 Å². The molecule has 0 spiro atoms. The Balaban J connectivity index is 2.22. The van der Waals surface area contributed by atoms with Crippen LogP contribution in [0.1, 0.15) is 32.1 Å². The van der Waals surface area contributed by atoms with Gasteiger partial charge < -0.3 is 4.57 Å². The van der Waals surface area contributed by atoms with E-state index in [9.17, 15) is 4.57 Å². The third-order valence-corrected chi connectivity index (χ3v) is 7.75. The van der Waals surface area contributed by atoms with E-state index in [-0.39, 0.29) is 0 Å². The summed E-state index contributed by atoms with van der Waals surface area (Å²) in [5, 5.41) is 2.62. The van der Waals surface area contributed by atoms with Crippen LogP contribution in [-0.4, -0.2) is 0 Å². The first-order valence-corrected chi connectivity index (χ1v) is 10.9. The lowest BCUT2D eigenvalue weighted by molar-refractivity contribution is 0.590. The number of allylic oxidation sites excluding steroid dienone is 4. The van der Waals surface area contributed by atoms with E-state index in [4.69, 9.17) is 0 Å². The van der Waals surface area contributed by atoms with Crippen LogP contribution in [0.4, 0.5) is 0 Å². The van der Waals surface area contributed by atoms with Gasteiger partial charge in [-0.1, -0.05) is 72.8 Å². The molecule has 2 aromatic carbocycles. The van der Waals surface area contributed by atoms with Gasteiger partial charge in [0.15, 0.2) is 7.14 Å². The summed E-state index contributed by atoms with van der Waals surface area (Å²) in [5.41, 5.74) is 4.64. The van der Waals surface area contributed by atoms with Crippen LogP contribution in [0.25, 0.3) is 0 Å². The van der Waals surface area contributed by atoms with Gasteiger partial charge in [0.1, 0.15) is 0 Å².